The van der Waals surface area contributed by atoms with Crippen LogP contribution in [0, 0.1) is 17.3 Å². The SMILES string of the molecule is C=C1C(ON(C(F)(F)F)C(F)(F)F)CC2CC1C2(C)C. The largest absolute Gasteiger partial charge is 0.490 e. The van der Waals surface area contributed by atoms with Crippen molar-refractivity contribution in [3.63, 3.8) is 0 Å². The molecule has 0 amide bonds. The monoisotopic (exact) mass is 303 g/mol. The second-order valence-electron chi connectivity index (χ2n) is 5.94. The third kappa shape index (κ3) is 2.43. The van der Waals surface area contributed by atoms with Gasteiger partial charge in [0.25, 0.3) is 0 Å². The van der Waals surface area contributed by atoms with E-state index in [4.69, 9.17) is 0 Å². The molecule has 20 heavy (non-hydrogen) atoms. The molecule has 0 radical (unpaired) electrons. The first-order valence-electron chi connectivity index (χ1n) is 6.14. The van der Waals surface area contributed by atoms with Crippen molar-refractivity contribution < 1.29 is 31.2 Å². The minimum Gasteiger partial charge on any atom is -0.276 e. The fourth-order valence-electron chi connectivity index (χ4n) is 3.18. The number of hydrogen-bond acceptors (Lipinski definition) is 2. The summed E-state index contributed by atoms with van der Waals surface area (Å²) in [5.41, 5.74) is 0.189. The van der Waals surface area contributed by atoms with Crippen LogP contribution in [0.25, 0.3) is 0 Å². The lowest BCUT2D eigenvalue weighted by Crippen LogP contribution is -2.57. The Balaban J connectivity index is 2.12. The minimum absolute atomic E-state index is 0.0614. The van der Waals surface area contributed by atoms with Gasteiger partial charge in [-0.05, 0) is 35.7 Å². The maximum atomic E-state index is 12.4. The third-order valence-corrected chi connectivity index (χ3v) is 4.52. The molecule has 2 bridgehead atoms. The van der Waals surface area contributed by atoms with Crippen molar-refractivity contribution in [2.24, 2.45) is 17.3 Å². The van der Waals surface area contributed by atoms with Crippen LogP contribution in [0.5, 0.6) is 0 Å². The van der Waals surface area contributed by atoms with Gasteiger partial charge in [-0.2, -0.15) is 26.3 Å². The van der Waals surface area contributed by atoms with Crippen molar-refractivity contribution in [1.29, 1.82) is 0 Å². The topological polar surface area (TPSA) is 12.5 Å². The number of hydrogen-bond donors (Lipinski definition) is 0. The zero-order valence-electron chi connectivity index (χ0n) is 11.0. The molecule has 0 aromatic carbocycles. The Labute approximate surface area is 112 Å². The van der Waals surface area contributed by atoms with Crippen molar-refractivity contribution in [2.75, 3.05) is 0 Å². The molecule has 3 aliphatic rings. The van der Waals surface area contributed by atoms with E-state index in [1.54, 1.807) is 0 Å². The highest BCUT2D eigenvalue weighted by molar-refractivity contribution is 5.23. The van der Waals surface area contributed by atoms with Crippen LogP contribution in [-0.4, -0.2) is 23.8 Å². The second kappa shape index (κ2) is 4.37. The van der Waals surface area contributed by atoms with Crippen molar-refractivity contribution in [3.05, 3.63) is 12.2 Å². The zero-order chi connectivity index (χ0) is 15.5. The van der Waals surface area contributed by atoms with Crippen LogP contribution in [0.2, 0.25) is 0 Å². The summed E-state index contributed by atoms with van der Waals surface area (Å²) in [6.45, 7) is 7.53. The van der Waals surface area contributed by atoms with Crippen LogP contribution in [-0.2, 0) is 4.84 Å². The average Bonchev–Trinajstić information content (AvgIpc) is 2.23. The van der Waals surface area contributed by atoms with Crippen molar-refractivity contribution >= 4 is 0 Å². The lowest BCUT2D eigenvalue weighted by Gasteiger charge is -2.59. The Morgan fingerprint density at radius 2 is 1.60 bits per heavy atom. The molecule has 2 nitrogen and oxygen atoms in total. The van der Waals surface area contributed by atoms with Gasteiger partial charge in [0.05, 0.1) is 0 Å². The van der Waals surface area contributed by atoms with Crippen molar-refractivity contribution in [1.82, 2.24) is 5.06 Å². The highest BCUT2D eigenvalue weighted by atomic mass is 19.4. The number of hydroxylamine groups is 2. The average molecular weight is 303 g/mol. The predicted octanol–water partition coefficient (Wildman–Crippen LogP) is 4.25. The molecule has 3 atom stereocenters. The number of halogens is 6. The number of fused-ring (bicyclic) bond motifs is 2. The summed E-state index contributed by atoms with van der Waals surface area (Å²) in [5, 5.41) is -1.83. The summed E-state index contributed by atoms with van der Waals surface area (Å²) in [6.07, 6.45) is -11.6. The smallest absolute Gasteiger partial charge is 0.276 e. The number of nitrogens with zero attached hydrogens (tertiary/aromatic N) is 1. The molecule has 3 rings (SSSR count). The first kappa shape index (κ1) is 15.6. The summed E-state index contributed by atoms with van der Waals surface area (Å²) in [4.78, 5) is 4.21. The first-order chi connectivity index (χ1) is 8.85. The Morgan fingerprint density at radius 3 is 1.95 bits per heavy atom. The molecule has 0 N–H and O–H groups in total. The first-order valence-corrected chi connectivity index (χ1v) is 6.14. The van der Waals surface area contributed by atoms with Crippen LogP contribution >= 0.6 is 0 Å². The van der Waals surface area contributed by atoms with Gasteiger partial charge in [0.1, 0.15) is 6.10 Å². The molecular formula is C12H15F6NO. The molecule has 3 saturated carbocycles. The molecule has 3 aliphatic carbocycles. The van der Waals surface area contributed by atoms with Gasteiger partial charge in [-0.1, -0.05) is 20.4 Å². The van der Waals surface area contributed by atoms with Gasteiger partial charge in [0.2, 0.25) is 0 Å². The molecule has 0 aromatic heterocycles. The lowest BCUT2D eigenvalue weighted by molar-refractivity contribution is -0.492. The highest BCUT2D eigenvalue weighted by Gasteiger charge is 2.60. The Bertz CT molecular complexity index is 399. The van der Waals surface area contributed by atoms with E-state index in [0.717, 1.165) is 6.42 Å². The van der Waals surface area contributed by atoms with Crippen molar-refractivity contribution in [2.45, 2.75) is 45.4 Å². The standard InChI is InChI=1S/C12H15F6NO/c1-6-8-4-7(10(8,2)3)5-9(6)20-19(11(13,14)15)12(16,17)18/h7-9H,1,4-5H2,2-3H3. The third-order valence-electron chi connectivity index (χ3n) is 4.52. The molecule has 0 spiro atoms. The van der Waals surface area contributed by atoms with E-state index in [-0.39, 0.29) is 23.7 Å². The lowest BCUT2D eigenvalue weighted by atomic mass is 9.47. The molecule has 8 heteroatoms. The maximum absolute atomic E-state index is 12.4. The number of alkyl halides is 6. The Morgan fingerprint density at radius 1 is 1.10 bits per heavy atom. The van der Waals surface area contributed by atoms with Crippen LogP contribution in [0.1, 0.15) is 26.7 Å². The van der Waals surface area contributed by atoms with E-state index >= 15 is 0 Å². The highest BCUT2D eigenvalue weighted by Crippen LogP contribution is 2.61. The fourth-order valence-corrected chi connectivity index (χ4v) is 3.18. The molecule has 3 unspecified atom stereocenters. The van der Waals surface area contributed by atoms with E-state index in [9.17, 15) is 26.3 Å². The molecule has 0 aromatic rings. The van der Waals surface area contributed by atoms with Crippen LogP contribution < -0.4 is 0 Å². The molecule has 0 aliphatic heterocycles. The summed E-state index contributed by atoms with van der Waals surface area (Å²) in [5.74, 6) is -0.0270. The quantitative estimate of drug-likeness (QED) is 0.327. The van der Waals surface area contributed by atoms with E-state index in [1.807, 2.05) is 13.8 Å². The van der Waals surface area contributed by atoms with E-state index in [0.29, 0.717) is 5.57 Å². The maximum Gasteiger partial charge on any atom is 0.490 e. The molecular weight excluding hydrogens is 288 g/mol. The van der Waals surface area contributed by atoms with E-state index < -0.39 is 23.8 Å². The van der Waals surface area contributed by atoms with Gasteiger partial charge in [0, 0.05) is 5.06 Å². The van der Waals surface area contributed by atoms with Crippen molar-refractivity contribution in [3.8, 4) is 0 Å². The normalized spacial score (nSPS) is 33.2. The fraction of sp³-hybridized carbons (Fsp3) is 0.833. The van der Waals surface area contributed by atoms with E-state index in [1.165, 1.54) is 0 Å². The molecule has 0 heterocycles. The van der Waals surface area contributed by atoms with Gasteiger partial charge in [-0.25, -0.2) is 0 Å². The van der Waals surface area contributed by atoms with Crippen LogP contribution in [0.3, 0.4) is 0 Å². The molecule has 0 saturated heterocycles. The number of rotatable bonds is 2. The zero-order valence-corrected chi connectivity index (χ0v) is 11.0. The van der Waals surface area contributed by atoms with Gasteiger partial charge in [-0.3, -0.25) is 4.84 Å². The minimum atomic E-state index is -5.63. The summed E-state index contributed by atoms with van der Waals surface area (Å²) >= 11 is 0. The van der Waals surface area contributed by atoms with Crippen LogP contribution in [0.4, 0.5) is 26.3 Å². The summed E-state index contributed by atoms with van der Waals surface area (Å²) in [7, 11) is 0. The van der Waals surface area contributed by atoms with Crippen LogP contribution in [0.15, 0.2) is 12.2 Å². The van der Waals surface area contributed by atoms with Gasteiger partial charge >= 0.3 is 12.6 Å². The van der Waals surface area contributed by atoms with Gasteiger partial charge in [0.15, 0.2) is 0 Å². The van der Waals surface area contributed by atoms with Gasteiger partial charge < -0.3 is 0 Å². The van der Waals surface area contributed by atoms with Gasteiger partial charge in [-0.15, -0.1) is 0 Å². The molecule has 3 fully saturated rings. The Hall–Kier alpha value is -0.760. The summed E-state index contributed by atoms with van der Waals surface area (Å²) < 4.78 is 74.5. The predicted molar refractivity (Wildman–Crippen MR) is 58.0 cm³/mol. The van der Waals surface area contributed by atoms with E-state index in [2.05, 4.69) is 11.4 Å². The Kier molecular flexibility index (Phi) is 3.41. The summed E-state index contributed by atoms with van der Waals surface area (Å²) in [6, 6.07) is 0. The second-order valence-corrected chi connectivity index (χ2v) is 5.94. The molecule has 116 valence electrons.